The first-order chi connectivity index (χ1) is 12.2. The summed E-state index contributed by atoms with van der Waals surface area (Å²) in [6.07, 6.45) is 3.99. The van der Waals surface area contributed by atoms with Crippen molar-refractivity contribution < 1.29 is 0 Å². The number of aryl methyl sites for hydroxylation is 1. The third-order valence-corrected chi connectivity index (χ3v) is 4.90. The Morgan fingerprint density at radius 2 is 2.00 bits per heavy atom. The highest BCUT2D eigenvalue weighted by Crippen LogP contribution is 2.38. The number of hydrogen-bond acceptors (Lipinski definition) is 5. The zero-order valence-corrected chi connectivity index (χ0v) is 14.3. The van der Waals surface area contributed by atoms with E-state index in [0.29, 0.717) is 18.4 Å². The van der Waals surface area contributed by atoms with Crippen LogP contribution in [0.25, 0.3) is 16.8 Å². The molecule has 5 rings (SSSR count). The van der Waals surface area contributed by atoms with Gasteiger partial charge in [0.05, 0.1) is 17.6 Å². The lowest BCUT2D eigenvalue weighted by Crippen LogP contribution is -2.13. The second-order valence-corrected chi connectivity index (χ2v) is 6.61. The Hall–Kier alpha value is -2.96. The van der Waals surface area contributed by atoms with Gasteiger partial charge >= 0.3 is 0 Å². The fraction of sp³-hybridized carbons (Fsp3) is 0.333. The Labute approximate surface area is 144 Å². The molecule has 1 saturated carbocycles. The molecule has 0 atom stereocenters. The van der Waals surface area contributed by atoms with Crippen molar-refractivity contribution in [3.8, 4) is 0 Å². The maximum atomic E-state index is 4.85. The molecule has 0 bridgehead atoms. The molecule has 0 radical (unpaired) electrons. The Kier molecular flexibility index (Phi) is 3.03. The number of fused-ring (bicyclic) bond motifs is 2. The van der Waals surface area contributed by atoms with Crippen LogP contribution in [0.2, 0.25) is 0 Å². The predicted octanol–water partition coefficient (Wildman–Crippen LogP) is 3.04. The van der Waals surface area contributed by atoms with Crippen LogP contribution in [-0.4, -0.2) is 29.1 Å². The van der Waals surface area contributed by atoms with E-state index in [1.807, 2.05) is 13.0 Å². The zero-order valence-electron chi connectivity index (χ0n) is 14.3. The molecule has 4 aromatic rings. The summed E-state index contributed by atoms with van der Waals surface area (Å²) >= 11 is 0. The molecular formula is C18H19N7. The van der Waals surface area contributed by atoms with Crippen LogP contribution in [0, 0.1) is 13.8 Å². The summed E-state index contributed by atoms with van der Waals surface area (Å²) in [6, 6.07) is 8.93. The second kappa shape index (κ2) is 5.27. The van der Waals surface area contributed by atoms with Gasteiger partial charge < -0.3 is 9.88 Å². The maximum Gasteiger partial charge on any atom is 0.254 e. The van der Waals surface area contributed by atoms with Crippen molar-refractivity contribution in [2.75, 3.05) is 5.32 Å². The molecule has 3 heterocycles. The number of benzene rings is 1. The van der Waals surface area contributed by atoms with Crippen molar-refractivity contribution in [3.05, 3.63) is 47.7 Å². The lowest BCUT2D eigenvalue weighted by molar-refractivity contribution is 0.708. The van der Waals surface area contributed by atoms with E-state index >= 15 is 0 Å². The van der Waals surface area contributed by atoms with E-state index in [9.17, 15) is 0 Å². The minimum Gasteiger partial charge on any atom is -0.362 e. The average Bonchev–Trinajstić information content (AvgIpc) is 3.22. The van der Waals surface area contributed by atoms with Crippen molar-refractivity contribution in [3.63, 3.8) is 0 Å². The third kappa shape index (κ3) is 2.26. The highest BCUT2D eigenvalue weighted by atomic mass is 15.4. The molecule has 7 nitrogen and oxygen atoms in total. The van der Waals surface area contributed by atoms with Gasteiger partial charge in [-0.1, -0.05) is 12.1 Å². The molecule has 1 fully saturated rings. The molecule has 0 amide bonds. The minimum atomic E-state index is 0.580. The van der Waals surface area contributed by atoms with Gasteiger partial charge in [0, 0.05) is 17.3 Å². The van der Waals surface area contributed by atoms with Crippen LogP contribution in [0.5, 0.6) is 0 Å². The fourth-order valence-corrected chi connectivity index (χ4v) is 3.36. The summed E-state index contributed by atoms with van der Waals surface area (Å²) in [5.41, 5.74) is 4.31. The smallest absolute Gasteiger partial charge is 0.254 e. The molecule has 7 heteroatoms. The average molecular weight is 333 g/mol. The Bertz CT molecular complexity index is 1090. The summed E-state index contributed by atoms with van der Waals surface area (Å²) in [4.78, 5) is 13.5. The third-order valence-electron chi connectivity index (χ3n) is 4.90. The number of nitrogens with zero attached hydrogens (tertiary/aromatic N) is 6. The highest BCUT2D eigenvalue weighted by molar-refractivity contribution is 5.76. The van der Waals surface area contributed by atoms with E-state index in [2.05, 4.69) is 50.1 Å². The largest absolute Gasteiger partial charge is 0.362 e. The second-order valence-electron chi connectivity index (χ2n) is 6.61. The van der Waals surface area contributed by atoms with Crippen LogP contribution < -0.4 is 5.32 Å². The van der Waals surface area contributed by atoms with Gasteiger partial charge in [-0.25, -0.2) is 9.97 Å². The maximum absolute atomic E-state index is 4.85. The van der Waals surface area contributed by atoms with E-state index in [1.165, 1.54) is 24.7 Å². The molecule has 1 aliphatic carbocycles. The predicted molar refractivity (Wildman–Crippen MR) is 95.6 cm³/mol. The Morgan fingerprint density at radius 3 is 2.84 bits per heavy atom. The van der Waals surface area contributed by atoms with E-state index in [4.69, 9.17) is 4.98 Å². The fourth-order valence-electron chi connectivity index (χ4n) is 3.36. The van der Waals surface area contributed by atoms with Crippen LogP contribution >= 0.6 is 0 Å². The first kappa shape index (κ1) is 14.4. The molecule has 3 aromatic heterocycles. The number of imidazole rings is 1. The first-order valence-electron chi connectivity index (χ1n) is 8.59. The standard InChI is InChI=1S/C18H19N7/c1-11-12(2)22-18-20-10-21-25(18)17(11)19-9-16-23-14-5-3-4-6-15(14)24(16)13-7-8-13/h3-6,10,13,19H,7-9H2,1-2H3. The molecule has 0 saturated heterocycles. The van der Waals surface area contributed by atoms with Crippen molar-refractivity contribution in [1.82, 2.24) is 29.1 Å². The summed E-state index contributed by atoms with van der Waals surface area (Å²) in [7, 11) is 0. The molecular weight excluding hydrogens is 314 g/mol. The SMILES string of the molecule is Cc1nc2ncnn2c(NCc2nc3ccccc3n2C2CC2)c1C. The Balaban J connectivity index is 1.55. The van der Waals surface area contributed by atoms with Crippen molar-refractivity contribution in [2.45, 2.75) is 39.3 Å². The molecule has 0 unspecified atom stereocenters. The van der Waals surface area contributed by atoms with Gasteiger partial charge in [-0.2, -0.15) is 14.6 Å². The first-order valence-corrected chi connectivity index (χ1v) is 8.59. The number of para-hydroxylation sites is 2. The number of nitrogens with one attached hydrogen (secondary N) is 1. The Morgan fingerprint density at radius 1 is 1.16 bits per heavy atom. The summed E-state index contributed by atoms with van der Waals surface area (Å²) in [5, 5.41) is 7.82. The quantitative estimate of drug-likeness (QED) is 0.621. The van der Waals surface area contributed by atoms with Gasteiger partial charge in [-0.05, 0) is 38.8 Å². The molecule has 1 N–H and O–H groups in total. The topological polar surface area (TPSA) is 72.9 Å². The summed E-state index contributed by atoms with van der Waals surface area (Å²) in [5.74, 6) is 2.60. The van der Waals surface area contributed by atoms with Gasteiger partial charge in [0.25, 0.3) is 5.78 Å². The number of hydrogen-bond donors (Lipinski definition) is 1. The normalized spacial score (nSPS) is 14.5. The van der Waals surface area contributed by atoms with Gasteiger partial charge in [0.1, 0.15) is 18.0 Å². The molecule has 0 aliphatic heterocycles. The van der Waals surface area contributed by atoms with Crippen LogP contribution in [0.15, 0.2) is 30.6 Å². The van der Waals surface area contributed by atoms with E-state index < -0.39 is 0 Å². The van der Waals surface area contributed by atoms with Crippen LogP contribution in [0.4, 0.5) is 5.82 Å². The minimum absolute atomic E-state index is 0.580. The molecule has 1 aliphatic rings. The molecule has 1 aromatic carbocycles. The van der Waals surface area contributed by atoms with Gasteiger partial charge in [0.15, 0.2) is 0 Å². The van der Waals surface area contributed by atoms with Crippen LogP contribution in [0.1, 0.15) is 36.0 Å². The molecule has 126 valence electrons. The van der Waals surface area contributed by atoms with E-state index in [-0.39, 0.29) is 0 Å². The lowest BCUT2D eigenvalue weighted by atomic mass is 10.2. The number of rotatable bonds is 4. The summed E-state index contributed by atoms with van der Waals surface area (Å²) < 4.78 is 4.14. The number of aromatic nitrogens is 6. The van der Waals surface area contributed by atoms with Crippen molar-refractivity contribution in [2.24, 2.45) is 0 Å². The lowest BCUT2D eigenvalue weighted by Gasteiger charge is -2.13. The van der Waals surface area contributed by atoms with Gasteiger partial charge in [0.2, 0.25) is 0 Å². The van der Waals surface area contributed by atoms with Crippen LogP contribution in [0.3, 0.4) is 0 Å². The van der Waals surface area contributed by atoms with E-state index in [1.54, 1.807) is 4.52 Å². The summed E-state index contributed by atoms with van der Waals surface area (Å²) in [6.45, 7) is 4.69. The zero-order chi connectivity index (χ0) is 17.0. The van der Waals surface area contributed by atoms with Gasteiger partial charge in [-0.3, -0.25) is 0 Å². The van der Waals surface area contributed by atoms with Crippen molar-refractivity contribution in [1.29, 1.82) is 0 Å². The molecule has 25 heavy (non-hydrogen) atoms. The monoisotopic (exact) mass is 333 g/mol. The van der Waals surface area contributed by atoms with E-state index in [0.717, 1.165) is 28.4 Å². The van der Waals surface area contributed by atoms with Crippen LogP contribution in [-0.2, 0) is 6.54 Å². The van der Waals surface area contributed by atoms with Crippen molar-refractivity contribution >= 4 is 22.6 Å². The van der Waals surface area contributed by atoms with Gasteiger partial charge in [-0.15, -0.1) is 0 Å². The molecule has 0 spiro atoms. The number of anilines is 1. The highest BCUT2D eigenvalue weighted by Gasteiger charge is 2.28.